The van der Waals surface area contributed by atoms with Crippen LogP contribution in [0.25, 0.3) is 0 Å². The quantitative estimate of drug-likeness (QED) is 0.316. The number of fused-ring (bicyclic) bond motifs is 1. The minimum absolute atomic E-state index is 0.276. The summed E-state index contributed by atoms with van der Waals surface area (Å²) < 4.78 is 13.3. The highest BCUT2D eigenvalue weighted by Crippen LogP contribution is 2.38. The first kappa shape index (κ1) is 26.6. The molecule has 0 bridgehead atoms. The first-order valence-corrected chi connectivity index (χ1v) is 12.9. The Hall–Kier alpha value is -1.69. The number of carbonyl (C=O) groups excluding carboxylic acids is 1. The van der Waals surface area contributed by atoms with Gasteiger partial charge in [-0.25, -0.2) is 4.39 Å². The van der Waals surface area contributed by atoms with Crippen molar-refractivity contribution in [3.05, 3.63) is 34.9 Å². The lowest BCUT2D eigenvalue weighted by Crippen LogP contribution is -2.41. The molecule has 2 aliphatic heterocycles. The molecule has 0 aromatic rings. The number of aliphatic imine (C=N–C) groups is 2. The summed E-state index contributed by atoms with van der Waals surface area (Å²) in [5, 5.41) is 2.44. The fourth-order valence-corrected chi connectivity index (χ4v) is 5.36. The summed E-state index contributed by atoms with van der Waals surface area (Å²) in [4.78, 5) is 24.2. The second kappa shape index (κ2) is 13.1. The Labute approximate surface area is 198 Å². The van der Waals surface area contributed by atoms with Gasteiger partial charge >= 0.3 is 0 Å². The predicted octanol–water partition coefficient (Wildman–Crippen LogP) is 6.40. The minimum Gasteiger partial charge on any atom is -0.332 e. The van der Waals surface area contributed by atoms with Gasteiger partial charge in [-0.1, -0.05) is 39.3 Å². The van der Waals surface area contributed by atoms with Crippen molar-refractivity contribution in [2.75, 3.05) is 20.1 Å². The molecule has 4 unspecified atom stereocenters. The van der Waals surface area contributed by atoms with E-state index in [1.807, 2.05) is 37.8 Å². The molecule has 4 atom stereocenters. The van der Waals surface area contributed by atoms with Gasteiger partial charge in [0.05, 0.1) is 17.5 Å². The molecule has 2 aliphatic rings. The summed E-state index contributed by atoms with van der Waals surface area (Å²) >= 11 is 1.83. The van der Waals surface area contributed by atoms with Crippen LogP contribution in [-0.2, 0) is 4.79 Å². The topological polar surface area (TPSA) is 45.0 Å². The first-order valence-electron chi connectivity index (χ1n) is 12.0. The number of rotatable bonds is 12. The van der Waals surface area contributed by atoms with Gasteiger partial charge in [0.2, 0.25) is 0 Å². The van der Waals surface area contributed by atoms with E-state index in [0.717, 1.165) is 36.5 Å². The lowest BCUT2D eigenvalue weighted by atomic mass is 9.96. The largest absolute Gasteiger partial charge is 0.332 e. The summed E-state index contributed by atoms with van der Waals surface area (Å²) in [5.41, 5.74) is 3.23. The van der Waals surface area contributed by atoms with Crippen LogP contribution in [0, 0.1) is 11.8 Å². The van der Waals surface area contributed by atoms with E-state index in [4.69, 9.17) is 4.99 Å². The molecule has 4 nitrogen and oxygen atoms in total. The van der Waals surface area contributed by atoms with Gasteiger partial charge in [0.15, 0.2) is 0 Å². The van der Waals surface area contributed by atoms with Gasteiger partial charge < -0.3 is 4.90 Å². The van der Waals surface area contributed by atoms with Crippen molar-refractivity contribution in [2.24, 2.45) is 21.8 Å². The van der Waals surface area contributed by atoms with Crippen LogP contribution >= 0.6 is 11.8 Å². The average Bonchev–Trinajstić information content (AvgIpc) is 3.20. The summed E-state index contributed by atoms with van der Waals surface area (Å²) in [6.45, 7) is 11.5. The standard InChI is InChI=1S/C26H40FN3OS/c1-7-13-32-25(18(4)8-2)26-29-16-22(23(28-6)12-10-11-19(5)27)24-15-20(17-30(24)26)14-21(31)9-3/h7,10,12-13,18-20,25H,8-9,11,14-17H2,1-6H3/b12-10-,13-7-,28-23+. The highest BCUT2D eigenvalue weighted by Gasteiger charge is 2.39. The van der Waals surface area contributed by atoms with Crippen molar-refractivity contribution >= 4 is 29.1 Å². The number of thioether (sulfide) groups is 1. The number of carbonyl (C=O) groups is 1. The maximum atomic E-state index is 13.3. The van der Waals surface area contributed by atoms with Gasteiger partial charge in [-0.2, -0.15) is 0 Å². The molecule has 2 heterocycles. The average molecular weight is 462 g/mol. The zero-order valence-electron chi connectivity index (χ0n) is 20.6. The molecular weight excluding hydrogens is 421 g/mol. The number of hydrogen-bond donors (Lipinski definition) is 0. The minimum atomic E-state index is -0.870. The van der Waals surface area contributed by atoms with Crippen molar-refractivity contribution in [3.8, 4) is 0 Å². The Morgan fingerprint density at radius 3 is 2.72 bits per heavy atom. The van der Waals surface area contributed by atoms with Crippen molar-refractivity contribution in [1.82, 2.24) is 4.90 Å². The fraction of sp³-hybridized carbons (Fsp3) is 0.654. The molecular formula is C26H40FN3OS. The number of amidine groups is 1. The highest BCUT2D eigenvalue weighted by atomic mass is 32.2. The Kier molecular flexibility index (Phi) is 10.9. The molecule has 2 rings (SSSR count). The Morgan fingerprint density at radius 2 is 2.12 bits per heavy atom. The Bertz CT molecular complexity index is 797. The zero-order chi connectivity index (χ0) is 23.7. The Morgan fingerprint density at radius 1 is 1.38 bits per heavy atom. The number of hydrogen-bond acceptors (Lipinski definition) is 5. The van der Waals surface area contributed by atoms with Gasteiger partial charge in [-0.05, 0) is 50.0 Å². The van der Waals surface area contributed by atoms with Crippen LogP contribution in [-0.4, -0.2) is 53.8 Å². The number of alkyl halides is 1. The third kappa shape index (κ3) is 6.90. The van der Waals surface area contributed by atoms with Gasteiger partial charge in [0.1, 0.15) is 17.8 Å². The number of nitrogens with zero attached hydrogens (tertiary/aromatic N) is 3. The van der Waals surface area contributed by atoms with Crippen molar-refractivity contribution in [3.63, 3.8) is 0 Å². The van der Waals surface area contributed by atoms with E-state index in [1.165, 1.54) is 5.70 Å². The van der Waals surface area contributed by atoms with Gasteiger partial charge in [0, 0.05) is 37.7 Å². The molecule has 32 heavy (non-hydrogen) atoms. The van der Waals surface area contributed by atoms with Gasteiger partial charge in [0.25, 0.3) is 0 Å². The van der Waals surface area contributed by atoms with E-state index in [1.54, 1.807) is 14.0 Å². The van der Waals surface area contributed by atoms with Crippen molar-refractivity contribution in [2.45, 2.75) is 78.1 Å². The van der Waals surface area contributed by atoms with Crippen LogP contribution in [0.4, 0.5) is 4.39 Å². The molecule has 0 saturated carbocycles. The molecule has 0 aromatic carbocycles. The molecule has 0 aliphatic carbocycles. The molecule has 0 radical (unpaired) electrons. The molecule has 0 N–H and O–H groups in total. The summed E-state index contributed by atoms with van der Waals surface area (Å²) in [6, 6.07) is 0. The zero-order valence-corrected chi connectivity index (χ0v) is 21.4. The van der Waals surface area contributed by atoms with Gasteiger partial charge in [-0.15, -0.1) is 11.8 Å². The maximum Gasteiger partial charge on any atom is 0.132 e. The van der Waals surface area contributed by atoms with Crippen molar-refractivity contribution in [1.29, 1.82) is 0 Å². The van der Waals surface area contributed by atoms with Crippen LogP contribution in [0.3, 0.4) is 0 Å². The van der Waals surface area contributed by atoms with E-state index >= 15 is 0 Å². The number of Topliss-reactive ketones (excluding diaryl/α,β-unsaturated/α-hetero) is 1. The van der Waals surface area contributed by atoms with Crippen molar-refractivity contribution < 1.29 is 9.18 Å². The third-order valence-corrected chi connectivity index (χ3v) is 7.64. The van der Waals surface area contributed by atoms with E-state index in [9.17, 15) is 9.18 Å². The monoisotopic (exact) mass is 461 g/mol. The molecule has 0 amide bonds. The lowest BCUT2D eigenvalue weighted by molar-refractivity contribution is -0.119. The van der Waals surface area contributed by atoms with Crippen LogP contribution in [0.2, 0.25) is 0 Å². The van der Waals surface area contributed by atoms with Gasteiger partial charge in [-0.3, -0.25) is 14.8 Å². The van der Waals surface area contributed by atoms with E-state index in [2.05, 4.69) is 35.2 Å². The van der Waals surface area contributed by atoms with E-state index < -0.39 is 6.17 Å². The summed E-state index contributed by atoms with van der Waals surface area (Å²) in [7, 11) is 1.78. The third-order valence-electron chi connectivity index (χ3n) is 6.25. The maximum absolute atomic E-state index is 13.3. The lowest BCUT2D eigenvalue weighted by Gasteiger charge is -2.35. The van der Waals surface area contributed by atoms with Crippen LogP contribution in [0.15, 0.2) is 44.9 Å². The fourth-order valence-electron chi connectivity index (χ4n) is 4.25. The smallest absolute Gasteiger partial charge is 0.132 e. The van der Waals surface area contributed by atoms with E-state index in [0.29, 0.717) is 43.4 Å². The second-order valence-electron chi connectivity index (χ2n) is 8.82. The molecule has 178 valence electrons. The highest BCUT2D eigenvalue weighted by molar-refractivity contribution is 8.03. The molecule has 0 spiro atoms. The number of allylic oxidation sites excluding steroid dienone is 4. The molecule has 6 heteroatoms. The second-order valence-corrected chi connectivity index (χ2v) is 9.87. The van der Waals surface area contributed by atoms with Crippen LogP contribution < -0.4 is 0 Å². The Balaban J connectivity index is 2.42. The predicted molar refractivity (Wildman–Crippen MR) is 137 cm³/mol. The molecule has 0 aromatic heterocycles. The summed E-state index contributed by atoms with van der Waals surface area (Å²) in [6.07, 6.45) is 8.53. The number of ketones is 1. The SMILES string of the molecule is C/C=C\SC(C1=NCC(C(/C=C\CC(C)F)=N/C)=C2CC(CC(=O)CC)CN12)C(C)CC. The number of halogens is 1. The van der Waals surface area contributed by atoms with Crippen LogP contribution in [0.5, 0.6) is 0 Å². The normalized spacial score (nSPS) is 22.5. The van der Waals surface area contributed by atoms with E-state index in [-0.39, 0.29) is 5.25 Å². The molecule has 1 saturated heterocycles. The van der Waals surface area contributed by atoms with Crippen LogP contribution in [0.1, 0.15) is 66.7 Å². The molecule has 1 fully saturated rings. The first-order chi connectivity index (χ1) is 15.4. The summed E-state index contributed by atoms with van der Waals surface area (Å²) in [5.74, 6) is 2.23.